The summed E-state index contributed by atoms with van der Waals surface area (Å²) in [5.74, 6) is 0.331. The van der Waals surface area contributed by atoms with E-state index in [0.717, 1.165) is 31.5 Å². The molecule has 0 aromatic heterocycles. The third-order valence-corrected chi connectivity index (χ3v) is 3.30. The molecule has 2 rings (SSSR count). The SMILES string of the molecule is COC(=O)c1ccccc1/C=C/C1CCNCC1. The number of allylic oxidation sites excluding steroid dienone is 1. The van der Waals surface area contributed by atoms with Crippen LogP contribution >= 0.6 is 0 Å². The minimum Gasteiger partial charge on any atom is -0.465 e. The normalized spacial score (nSPS) is 16.9. The summed E-state index contributed by atoms with van der Waals surface area (Å²) >= 11 is 0. The smallest absolute Gasteiger partial charge is 0.338 e. The van der Waals surface area contributed by atoms with Crippen LogP contribution in [0.3, 0.4) is 0 Å². The van der Waals surface area contributed by atoms with Crippen molar-refractivity contribution in [3.05, 3.63) is 41.5 Å². The van der Waals surface area contributed by atoms with Gasteiger partial charge in [0.05, 0.1) is 12.7 Å². The first-order valence-corrected chi connectivity index (χ1v) is 6.37. The fourth-order valence-corrected chi connectivity index (χ4v) is 2.21. The van der Waals surface area contributed by atoms with Crippen molar-refractivity contribution < 1.29 is 9.53 Å². The number of ether oxygens (including phenoxy) is 1. The van der Waals surface area contributed by atoms with Gasteiger partial charge in [-0.3, -0.25) is 0 Å². The zero-order valence-corrected chi connectivity index (χ0v) is 10.7. The highest BCUT2D eigenvalue weighted by Crippen LogP contribution is 2.17. The number of carbonyl (C=O) groups excluding carboxylic acids is 1. The first-order chi connectivity index (χ1) is 8.81. The minimum atomic E-state index is -0.277. The molecule has 0 saturated carbocycles. The summed E-state index contributed by atoms with van der Waals surface area (Å²) in [6.07, 6.45) is 6.58. The first kappa shape index (κ1) is 12.8. The molecule has 0 bridgehead atoms. The van der Waals surface area contributed by atoms with E-state index in [1.165, 1.54) is 7.11 Å². The van der Waals surface area contributed by atoms with Gasteiger partial charge in [-0.15, -0.1) is 0 Å². The lowest BCUT2D eigenvalue weighted by atomic mass is 9.96. The highest BCUT2D eigenvalue weighted by Gasteiger charge is 2.11. The average molecular weight is 245 g/mol. The number of carbonyl (C=O) groups is 1. The lowest BCUT2D eigenvalue weighted by Crippen LogP contribution is -2.26. The minimum absolute atomic E-state index is 0.277. The van der Waals surface area contributed by atoms with Crippen molar-refractivity contribution in [3.63, 3.8) is 0 Å². The van der Waals surface area contributed by atoms with E-state index in [1.807, 2.05) is 24.3 Å². The second kappa shape index (κ2) is 6.36. The number of hydrogen-bond donors (Lipinski definition) is 1. The Kier molecular flexibility index (Phi) is 4.53. The molecule has 1 aliphatic heterocycles. The van der Waals surface area contributed by atoms with E-state index in [-0.39, 0.29) is 5.97 Å². The molecule has 1 saturated heterocycles. The summed E-state index contributed by atoms with van der Waals surface area (Å²) in [5, 5.41) is 3.34. The maximum atomic E-state index is 11.6. The van der Waals surface area contributed by atoms with Crippen LogP contribution < -0.4 is 5.32 Å². The van der Waals surface area contributed by atoms with Gasteiger partial charge in [-0.05, 0) is 43.5 Å². The molecule has 1 fully saturated rings. The predicted molar refractivity (Wildman–Crippen MR) is 72.4 cm³/mol. The number of piperidine rings is 1. The summed E-state index contributed by atoms with van der Waals surface area (Å²) in [7, 11) is 1.41. The summed E-state index contributed by atoms with van der Waals surface area (Å²) in [4.78, 5) is 11.6. The molecule has 1 aromatic rings. The number of nitrogens with one attached hydrogen (secondary N) is 1. The van der Waals surface area contributed by atoms with Crippen LogP contribution in [0.2, 0.25) is 0 Å². The Hall–Kier alpha value is -1.61. The van der Waals surface area contributed by atoms with Gasteiger partial charge in [0, 0.05) is 0 Å². The fraction of sp³-hybridized carbons (Fsp3) is 0.400. The van der Waals surface area contributed by atoms with Gasteiger partial charge >= 0.3 is 5.97 Å². The molecule has 0 amide bonds. The van der Waals surface area contributed by atoms with Crippen LogP contribution in [0.4, 0.5) is 0 Å². The standard InChI is InChI=1S/C15H19NO2/c1-18-15(17)14-5-3-2-4-13(14)7-6-12-8-10-16-11-9-12/h2-7,12,16H,8-11H2,1H3/b7-6+. The Balaban J connectivity index is 2.12. The van der Waals surface area contributed by atoms with E-state index in [0.29, 0.717) is 11.5 Å². The molecule has 0 unspecified atom stereocenters. The van der Waals surface area contributed by atoms with Crippen molar-refractivity contribution >= 4 is 12.0 Å². The summed E-state index contributed by atoms with van der Waals surface area (Å²) in [5.41, 5.74) is 1.56. The average Bonchev–Trinajstić information content (AvgIpc) is 2.45. The molecule has 0 spiro atoms. The number of methoxy groups -OCH3 is 1. The number of benzene rings is 1. The lowest BCUT2D eigenvalue weighted by molar-refractivity contribution is 0.0600. The molecule has 0 atom stereocenters. The molecular formula is C15H19NO2. The van der Waals surface area contributed by atoms with Crippen molar-refractivity contribution in [2.24, 2.45) is 5.92 Å². The van der Waals surface area contributed by atoms with E-state index in [2.05, 4.69) is 11.4 Å². The van der Waals surface area contributed by atoms with Crippen LogP contribution in [0.1, 0.15) is 28.8 Å². The first-order valence-electron chi connectivity index (χ1n) is 6.37. The Labute approximate surface area is 108 Å². The van der Waals surface area contributed by atoms with E-state index in [4.69, 9.17) is 4.74 Å². The van der Waals surface area contributed by atoms with Crippen molar-refractivity contribution in [3.8, 4) is 0 Å². The molecule has 18 heavy (non-hydrogen) atoms. The van der Waals surface area contributed by atoms with Gasteiger partial charge in [0.1, 0.15) is 0 Å². The molecule has 0 radical (unpaired) electrons. The highest BCUT2D eigenvalue weighted by molar-refractivity contribution is 5.93. The quantitative estimate of drug-likeness (QED) is 0.831. The molecule has 0 aliphatic carbocycles. The van der Waals surface area contributed by atoms with Gasteiger partial charge in [-0.2, -0.15) is 0 Å². The summed E-state index contributed by atoms with van der Waals surface area (Å²) in [6.45, 7) is 2.15. The van der Waals surface area contributed by atoms with Crippen LogP contribution in [0.15, 0.2) is 30.3 Å². The van der Waals surface area contributed by atoms with Crippen molar-refractivity contribution in [2.45, 2.75) is 12.8 Å². The van der Waals surface area contributed by atoms with Gasteiger partial charge in [0.2, 0.25) is 0 Å². The summed E-state index contributed by atoms with van der Waals surface area (Å²) < 4.78 is 4.79. The van der Waals surface area contributed by atoms with Crippen molar-refractivity contribution in [1.29, 1.82) is 0 Å². The zero-order valence-electron chi connectivity index (χ0n) is 10.7. The van der Waals surface area contributed by atoms with Gasteiger partial charge < -0.3 is 10.1 Å². The number of hydrogen-bond acceptors (Lipinski definition) is 3. The Morgan fingerprint density at radius 1 is 1.33 bits per heavy atom. The van der Waals surface area contributed by atoms with Gasteiger partial charge in [-0.25, -0.2) is 4.79 Å². The van der Waals surface area contributed by atoms with Crippen molar-refractivity contribution in [1.82, 2.24) is 5.32 Å². The molecule has 1 N–H and O–H groups in total. The van der Waals surface area contributed by atoms with Gasteiger partial charge in [0.15, 0.2) is 0 Å². The molecule has 1 aliphatic rings. The zero-order chi connectivity index (χ0) is 12.8. The molecule has 3 nitrogen and oxygen atoms in total. The molecule has 96 valence electrons. The van der Waals surface area contributed by atoms with Gasteiger partial charge in [-0.1, -0.05) is 30.4 Å². The third kappa shape index (κ3) is 3.20. The highest BCUT2D eigenvalue weighted by atomic mass is 16.5. The Bertz CT molecular complexity index is 434. The molecular weight excluding hydrogens is 226 g/mol. The maximum absolute atomic E-state index is 11.6. The lowest BCUT2D eigenvalue weighted by Gasteiger charge is -2.19. The van der Waals surface area contributed by atoms with Crippen molar-refractivity contribution in [2.75, 3.05) is 20.2 Å². The third-order valence-electron chi connectivity index (χ3n) is 3.30. The van der Waals surface area contributed by atoms with Gasteiger partial charge in [0.25, 0.3) is 0 Å². The second-order valence-corrected chi connectivity index (χ2v) is 4.53. The predicted octanol–water partition coefficient (Wildman–Crippen LogP) is 2.49. The topological polar surface area (TPSA) is 38.3 Å². The fourth-order valence-electron chi connectivity index (χ4n) is 2.21. The Morgan fingerprint density at radius 2 is 2.06 bits per heavy atom. The maximum Gasteiger partial charge on any atom is 0.338 e. The van der Waals surface area contributed by atoms with Crippen LogP contribution in [0.5, 0.6) is 0 Å². The second-order valence-electron chi connectivity index (χ2n) is 4.53. The van der Waals surface area contributed by atoms with Crippen LogP contribution in [0.25, 0.3) is 6.08 Å². The van der Waals surface area contributed by atoms with E-state index < -0.39 is 0 Å². The number of esters is 1. The largest absolute Gasteiger partial charge is 0.465 e. The Morgan fingerprint density at radius 3 is 2.78 bits per heavy atom. The van der Waals surface area contributed by atoms with E-state index >= 15 is 0 Å². The number of rotatable bonds is 3. The molecule has 1 aromatic carbocycles. The van der Waals surface area contributed by atoms with E-state index in [1.54, 1.807) is 6.07 Å². The van der Waals surface area contributed by atoms with Crippen LogP contribution in [-0.4, -0.2) is 26.2 Å². The molecule has 3 heteroatoms. The van der Waals surface area contributed by atoms with Crippen LogP contribution in [-0.2, 0) is 4.74 Å². The van der Waals surface area contributed by atoms with E-state index in [9.17, 15) is 4.79 Å². The molecule has 1 heterocycles. The summed E-state index contributed by atoms with van der Waals surface area (Å²) in [6, 6.07) is 7.54. The monoisotopic (exact) mass is 245 g/mol. The van der Waals surface area contributed by atoms with Crippen LogP contribution in [0, 0.1) is 5.92 Å².